The van der Waals surface area contributed by atoms with Gasteiger partial charge in [0.25, 0.3) is 10.1 Å². The fourth-order valence-corrected chi connectivity index (χ4v) is 2.22. The zero-order chi connectivity index (χ0) is 10.9. The first kappa shape index (κ1) is 10.6. The van der Waals surface area contributed by atoms with Crippen LogP contribution in [0.2, 0.25) is 0 Å². The molecule has 0 atom stereocenters. The molecule has 1 saturated carbocycles. The summed E-state index contributed by atoms with van der Waals surface area (Å²) in [5.74, 6) is 0.449. The van der Waals surface area contributed by atoms with Crippen LogP contribution in [-0.2, 0) is 14.3 Å². The van der Waals surface area contributed by atoms with E-state index in [0.717, 1.165) is 18.4 Å². The van der Waals surface area contributed by atoms with Gasteiger partial charge in [-0.05, 0) is 37.8 Å². The molecule has 0 amide bonds. The maximum Gasteiger partial charge on any atom is 0.296 e. The van der Waals surface area contributed by atoms with Gasteiger partial charge in [-0.2, -0.15) is 8.42 Å². The normalized spacial score (nSPS) is 16.6. The molecule has 0 aromatic heterocycles. The molecule has 1 aromatic carbocycles. The van der Waals surface area contributed by atoms with E-state index in [9.17, 15) is 8.42 Å². The van der Waals surface area contributed by atoms with Crippen molar-refractivity contribution in [2.45, 2.75) is 24.7 Å². The van der Waals surface area contributed by atoms with E-state index in [1.165, 1.54) is 0 Å². The number of hydrogen-bond donors (Lipinski definition) is 0. The first-order valence-corrected chi connectivity index (χ1v) is 6.45. The van der Waals surface area contributed by atoms with E-state index in [0.29, 0.717) is 12.5 Å². The van der Waals surface area contributed by atoms with Gasteiger partial charge in [0.05, 0.1) is 11.5 Å². The van der Waals surface area contributed by atoms with Gasteiger partial charge in [0, 0.05) is 0 Å². The summed E-state index contributed by atoms with van der Waals surface area (Å²) in [6.07, 6.45) is 2.17. The lowest BCUT2D eigenvalue weighted by atomic mass is 10.2. The first-order valence-electron chi connectivity index (χ1n) is 5.04. The van der Waals surface area contributed by atoms with Crippen molar-refractivity contribution in [1.29, 1.82) is 0 Å². The van der Waals surface area contributed by atoms with Crippen molar-refractivity contribution in [1.82, 2.24) is 0 Å². The van der Waals surface area contributed by atoms with Crippen LogP contribution in [-0.4, -0.2) is 15.0 Å². The highest BCUT2D eigenvalue weighted by Gasteiger charge is 2.25. The van der Waals surface area contributed by atoms with Crippen molar-refractivity contribution < 1.29 is 12.6 Å². The summed E-state index contributed by atoms with van der Waals surface area (Å²) in [5, 5.41) is 0. The lowest BCUT2D eigenvalue weighted by Crippen LogP contribution is -2.08. The van der Waals surface area contributed by atoms with Crippen molar-refractivity contribution in [3.8, 4) is 0 Å². The van der Waals surface area contributed by atoms with Gasteiger partial charge in [-0.1, -0.05) is 17.7 Å². The molecule has 82 valence electrons. The second-order valence-electron chi connectivity index (χ2n) is 4.00. The van der Waals surface area contributed by atoms with Gasteiger partial charge in [-0.3, -0.25) is 4.18 Å². The average molecular weight is 226 g/mol. The van der Waals surface area contributed by atoms with Crippen LogP contribution in [0.5, 0.6) is 0 Å². The monoisotopic (exact) mass is 226 g/mol. The highest BCUT2D eigenvalue weighted by molar-refractivity contribution is 7.86. The Bertz CT molecular complexity index is 429. The number of rotatable bonds is 4. The lowest BCUT2D eigenvalue weighted by molar-refractivity contribution is 0.302. The average Bonchev–Trinajstić information content (AvgIpc) is 2.99. The van der Waals surface area contributed by atoms with Crippen LogP contribution in [0.3, 0.4) is 0 Å². The molecule has 2 rings (SSSR count). The Kier molecular flexibility index (Phi) is 2.80. The molecule has 0 bridgehead atoms. The molecule has 1 aliphatic carbocycles. The topological polar surface area (TPSA) is 43.4 Å². The summed E-state index contributed by atoms with van der Waals surface area (Å²) >= 11 is 0. The maximum absolute atomic E-state index is 11.7. The van der Waals surface area contributed by atoms with E-state index in [1.807, 2.05) is 6.92 Å². The first-order chi connectivity index (χ1) is 7.08. The minimum Gasteiger partial charge on any atom is -0.266 e. The second kappa shape index (κ2) is 3.94. The predicted molar refractivity (Wildman–Crippen MR) is 57.0 cm³/mol. The maximum atomic E-state index is 11.7. The highest BCUT2D eigenvalue weighted by Crippen LogP contribution is 2.30. The third-order valence-electron chi connectivity index (χ3n) is 2.47. The third kappa shape index (κ3) is 2.79. The van der Waals surface area contributed by atoms with Crippen LogP contribution in [0.4, 0.5) is 0 Å². The summed E-state index contributed by atoms with van der Waals surface area (Å²) in [6, 6.07) is 6.70. The van der Waals surface area contributed by atoms with Crippen LogP contribution in [0.15, 0.2) is 29.2 Å². The van der Waals surface area contributed by atoms with Crippen molar-refractivity contribution >= 4 is 10.1 Å². The third-order valence-corrected chi connectivity index (χ3v) is 3.76. The Balaban J connectivity index is 2.09. The molecule has 1 fully saturated rings. The fraction of sp³-hybridized carbons (Fsp3) is 0.455. The van der Waals surface area contributed by atoms with Crippen LogP contribution in [0.1, 0.15) is 18.4 Å². The van der Waals surface area contributed by atoms with Gasteiger partial charge in [0.2, 0.25) is 0 Å². The highest BCUT2D eigenvalue weighted by atomic mass is 32.2. The molecule has 1 aromatic rings. The Labute approximate surface area is 90.2 Å². The minimum absolute atomic E-state index is 0.244. The van der Waals surface area contributed by atoms with Crippen molar-refractivity contribution in [2.75, 3.05) is 6.61 Å². The van der Waals surface area contributed by atoms with E-state index in [-0.39, 0.29) is 4.90 Å². The van der Waals surface area contributed by atoms with E-state index < -0.39 is 10.1 Å². The van der Waals surface area contributed by atoms with E-state index in [2.05, 4.69) is 0 Å². The largest absolute Gasteiger partial charge is 0.296 e. The molecule has 0 N–H and O–H groups in total. The zero-order valence-electron chi connectivity index (χ0n) is 8.64. The molecule has 0 spiro atoms. The lowest BCUT2D eigenvalue weighted by Gasteiger charge is -2.04. The van der Waals surface area contributed by atoms with Crippen molar-refractivity contribution in [3.05, 3.63) is 29.8 Å². The van der Waals surface area contributed by atoms with Gasteiger partial charge in [-0.15, -0.1) is 0 Å². The summed E-state index contributed by atoms with van der Waals surface area (Å²) in [4.78, 5) is 0.244. The summed E-state index contributed by atoms with van der Waals surface area (Å²) < 4.78 is 28.3. The zero-order valence-corrected chi connectivity index (χ0v) is 9.46. The van der Waals surface area contributed by atoms with E-state index in [4.69, 9.17) is 4.18 Å². The fourth-order valence-electron chi connectivity index (χ4n) is 1.24. The Morgan fingerprint density at radius 2 is 1.87 bits per heavy atom. The number of aryl methyl sites for hydroxylation is 1. The second-order valence-corrected chi connectivity index (χ2v) is 5.61. The summed E-state index contributed by atoms with van der Waals surface area (Å²) in [5.41, 5.74) is 1.04. The molecule has 0 saturated heterocycles. The molecule has 3 nitrogen and oxygen atoms in total. The van der Waals surface area contributed by atoms with Gasteiger partial charge in [0.1, 0.15) is 0 Å². The molecule has 0 unspecified atom stereocenters. The Morgan fingerprint density at radius 1 is 1.27 bits per heavy atom. The van der Waals surface area contributed by atoms with Gasteiger partial charge in [0.15, 0.2) is 0 Å². The smallest absolute Gasteiger partial charge is 0.266 e. The van der Waals surface area contributed by atoms with Crippen LogP contribution < -0.4 is 0 Å². The number of hydrogen-bond acceptors (Lipinski definition) is 3. The van der Waals surface area contributed by atoms with Crippen molar-refractivity contribution in [2.24, 2.45) is 5.92 Å². The molecule has 0 aliphatic heterocycles. The SMILES string of the molecule is Cc1ccc(S(=O)(=O)OCC2CC2)cc1. The molecule has 0 radical (unpaired) electrons. The standard InChI is InChI=1S/C11H14O3S/c1-9-2-6-11(7-3-9)15(12,13)14-8-10-4-5-10/h2-3,6-7,10H,4-5,8H2,1H3. The quantitative estimate of drug-likeness (QED) is 0.738. The minimum atomic E-state index is -3.53. The Morgan fingerprint density at radius 3 is 2.40 bits per heavy atom. The molecular formula is C11H14O3S. The van der Waals surface area contributed by atoms with E-state index >= 15 is 0 Å². The van der Waals surface area contributed by atoms with Gasteiger partial charge in [-0.25, -0.2) is 0 Å². The van der Waals surface area contributed by atoms with Crippen LogP contribution >= 0.6 is 0 Å². The summed E-state index contributed by atoms with van der Waals surface area (Å²) in [6.45, 7) is 2.25. The molecule has 4 heteroatoms. The Hall–Kier alpha value is -0.870. The van der Waals surface area contributed by atoms with Crippen molar-refractivity contribution in [3.63, 3.8) is 0 Å². The van der Waals surface area contributed by atoms with Crippen LogP contribution in [0, 0.1) is 12.8 Å². The van der Waals surface area contributed by atoms with E-state index in [1.54, 1.807) is 24.3 Å². The molecule has 1 aliphatic rings. The van der Waals surface area contributed by atoms with Gasteiger partial charge < -0.3 is 0 Å². The summed E-state index contributed by atoms with van der Waals surface area (Å²) in [7, 11) is -3.53. The molecule has 15 heavy (non-hydrogen) atoms. The molecule has 0 heterocycles. The number of benzene rings is 1. The van der Waals surface area contributed by atoms with Crippen LogP contribution in [0.25, 0.3) is 0 Å². The molecular weight excluding hydrogens is 212 g/mol. The predicted octanol–water partition coefficient (Wildman–Crippen LogP) is 2.11. The van der Waals surface area contributed by atoms with Gasteiger partial charge >= 0.3 is 0 Å².